The van der Waals surface area contributed by atoms with Crippen LogP contribution in [0.2, 0.25) is 0 Å². The van der Waals surface area contributed by atoms with Gasteiger partial charge in [0.1, 0.15) is 5.82 Å². The van der Waals surface area contributed by atoms with Crippen molar-refractivity contribution >= 4 is 0 Å². The first-order valence-electron chi connectivity index (χ1n) is 6.19. The highest BCUT2D eigenvalue weighted by molar-refractivity contribution is 5.75. The Morgan fingerprint density at radius 3 is 2.60 bits per heavy atom. The molecule has 0 aliphatic carbocycles. The molecule has 0 aromatic heterocycles. The zero-order chi connectivity index (χ0) is 14.1. The van der Waals surface area contributed by atoms with E-state index in [1.165, 1.54) is 12.1 Å². The monoisotopic (exact) mass is 263 g/mol. The van der Waals surface area contributed by atoms with Gasteiger partial charge in [-0.25, -0.2) is 4.39 Å². The Hall–Kier alpha value is -2.85. The molecule has 3 nitrogen and oxygen atoms in total. The number of halogens is 1. The maximum absolute atomic E-state index is 14.1. The van der Waals surface area contributed by atoms with Crippen molar-refractivity contribution < 1.29 is 4.39 Å². The summed E-state index contributed by atoms with van der Waals surface area (Å²) < 4.78 is 14.1. The quantitative estimate of drug-likeness (QED) is 0.742. The Labute approximate surface area is 116 Å². The fraction of sp³-hybridized carbons (Fsp3) is 0.125. The second-order valence-electron chi connectivity index (χ2n) is 4.67. The molecule has 0 spiro atoms. The molecule has 20 heavy (non-hydrogen) atoms. The molecule has 0 amide bonds. The van der Waals surface area contributed by atoms with Gasteiger partial charge in [-0.2, -0.15) is 10.5 Å². The van der Waals surface area contributed by atoms with E-state index in [4.69, 9.17) is 5.26 Å². The molecular weight excluding hydrogens is 253 g/mol. The van der Waals surface area contributed by atoms with Crippen LogP contribution in [0.1, 0.15) is 16.7 Å². The van der Waals surface area contributed by atoms with Crippen molar-refractivity contribution in [1.82, 2.24) is 4.90 Å². The van der Waals surface area contributed by atoms with Crippen molar-refractivity contribution in [3.63, 3.8) is 0 Å². The number of hydrogen-bond acceptors (Lipinski definition) is 3. The Kier molecular flexibility index (Phi) is 2.85. The van der Waals surface area contributed by atoms with Gasteiger partial charge in [0.25, 0.3) is 0 Å². The third-order valence-electron chi connectivity index (χ3n) is 3.53. The minimum absolute atomic E-state index is 0.314. The summed E-state index contributed by atoms with van der Waals surface area (Å²) in [6.07, 6.45) is 2.11. The lowest BCUT2D eigenvalue weighted by Crippen LogP contribution is -2.07. The predicted octanol–water partition coefficient (Wildman–Crippen LogP) is 3.16. The van der Waals surface area contributed by atoms with Crippen LogP contribution in [-0.4, -0.2) is 4.90 Å². The topological polar surface area (TPSA) is 50.8 Å². The fourth-order valence-corrected chi connectivity index (χ4v) is 2.62. The Balaban J connectivity index is 2.23. The van der Waals surface area contributed by atoms with Crippen LogP contribution in [0.25, 0.3) is 11.1 Å². The lowest BCUT2D eigenvalue weighted by molar-refractivity contribution is 0.417. The first-order chi connectivity index (χ1) is 9.74. The Morgan fingerprint density at radius 2 is 1.85 bits per heavy atom. The number of nitrogens with zero attached hydrogens (tertiary/aromatic N) is 3. The summed E-state index contributed by atoms with van der Waals surface area (Å²) in [7, 11) is 0. The highest BCUT2D eigenvalue weighted by Gasteiger charge is 2.23. The Morgan fingerprint density at radius 1 is 1.05 bits per heavy atom. The van der Waals surface area contributed by atoms with Crippen LogP contribution in [-0.2, 0) is 13.1 Å². The molecule has 1 aliphatic rings. The van der Waals surface area contributed by atoms with E-state index in [1.54, 1.807) is 17.0 Å². The number of hydrogen-bond donors (Lipinski definition) is 0. The zero-order valence-corrected chi connectivity index (χ0v) is 10.6. The van der Waals surface area contributed by atoms with Crippen molar-refractivity contribution in [2.45, 2.75) is 13.1 Å². The molecule has 0 saturated carbocycles. The molecule has 1 heterocycles. The normalized spacial score (nSPS) is 12.7. The molecule has 4 heteroatoms. The summed E-state index contributed by atoms with van der Waals surface area (Å²) >= 11 is 0. The molecule has 0 saturated heterocycles. The third-order valence-corrected chi connectivity index (χ3v) is 3.53. The van der Waals surface area contributed by atoms with E-state index < -0.39 is 5.82 Å². The smallest absolute Gasteiger partial charge is 0.179 e. The molecule has 96 valence electrons. The standard InChI is InChI=1S/C16H10FN3/c17-15-6-2-3-11(7-18)16(15)13-5-1-4-12-8-20(10-19)9-14(12)13/h1-6H,8-9H2. The van der Waals surface area contributed by atoms with Crippen molar-refractivity contribution in [2.24, 2.45) is 0 Å². The van der Waals surface area contributed by atoms with Gasteiger partial charge in [-0.15, -0.1) is 0 Å². The second kappa shape index (κ2) is 4.68. The molecular formula is C16H10FN3. The van der Waals surface area contributed by atoms with Gasteiger partial charge in [-0.1, -0.05) is 24.3 Å². The first-order valence-corrected chi connectivity index (χ1v) is 6.19. The summed E-state index contributed by atoms with van der Waals surface area (Å²) in [4.78, 5) is 1.61. The van der Waals surface area contributed by atoms with Gasteiger partial charge in [0.05, 0.1) is 24.7 Å². The number of fused-ring (bicyclic) bond motifs is 1. The van der Waals surface area contributed by atoms with E-state index in [0.717, 1.165) is 11.1 Å². The predicted molar refractivity (Wildman–Crippen MR) is 71.4 cm³/mol. The minimum Gasteiger partial charge on any atom is -0.302 e. The highest BCUT2D eigenvalue weighted by atomic mass is 19.1. The minimum atomic E-state index is -0.409. The van der Waals surface area contributed by atoms with E-state index in [9.17, 15) is 9.65 Å². The van der Waals surface area contributed by atoms with Crippen LogP contribution in [0.15, 0.2) is 36.4 Å². The lowest BCUT2D eigenvalue weighted by atomic mass is 9.93. The van der Waals surface area contributed by atoms with Gasteiger partial charge in [0, 0.05) is 5.56 Å². The van der Waals surface area contributed by atoms with E-state index in [-0.39, 0.29) is 0 Å². The summed E-state index contributed by atoms with van der Waals surface area (Å²) in [6, 6.07) is 12.1. The summed E-state index contributed by atoms with van der Waals surface area (Å²) in [5, 5.41) is 18.2. The van der Waals surface area contributed by atoms with Crippen LogP contribution in [0.3, 0.4) is 0 Å². The molecule has 1 aliphatic heterocycles. The van der Waals surface area contributed by atoms with Crippen LogP contribution >= 0.6 is 0 Å². The van der Waals surface area contributed by atoms with E-state index in [2.05, 4.69) is 6.19 Å². The zero-order valence-electron chi connectivity index (χ0n) is 10.6. The number of benzene rings is 2. The highest BCUT2D eigenvalue weighted by Crippen LogP contribution is 2.35. The number of rotatable bonds is 1. The molecule has 0 fully saturated rings. The summed E-state index contributed by atoms with van der Waals surface area (Å²) in [6.45, 7) is 0.997. The molecule has 2 aromatic carbocycles. The van der Waals surface area contributed by atoms with Crippen molar-refractivity contribution in [3.8, 4) is 23.4 Å². The summed E-state index contributed by atoms with van der Waals surface area (Å²) in [5.41, 5.74) is 3.28. The van der Waals surface area contributed by atoms with Gasteiger partial charge in [-0.3, -0.25) is 0 Å². The van der Waals surface area contributed by atoms with Crippen LogP contribution in [0.5, 0.6) is 0 Å². The van der Waals surface area contributed by atoms with Gasteiger partial charge in [0.2, 0.25) is 0 Å². The largest absolute Gasteiger partial charge is 0.302 e. The summed E-state index contributed by atoms with van der Waals surface area (Å²) in [5.74, 6) is -0.409. The van der Waals surface area contributed by atoms with E-state index >= 15 is 0 Å². The van der Waals surface area contributed by atoms with Crippen LogP contribution in [0.4, 0.5) is 4.39 Å². The van der Waals surface area contributed by atoms with Crippen molar-refractivity contribution in [2.75, 3.05) is 0 Å². The van der Waals surface area contributed by atoms with Crippen molar-refractivity contribution in [3.05, 3.63) is 58.9 Å². The van der Waals surface area contributed by atoms with Gasteiger partial charge in [-0.05, 0) is 28.8 Å². The molecule has 0 N–H and O–H groups in total. The van der Waals surface area contributed by atoms with Crippen LogP contribution < -0.4 is 0 Å². The second-order valence-corrected chi connectivity index (χ2v) is 4.67. The van der Waals surface area contributed by atoms with E-state index in [0.29, 0.717) is 29.8 Å². The molecule has 0 unspecified atom stereocenters. The molecule has 0 atom stereocenters. The molecule has 0 radical (unpaired) electrons. The van der Waals surface area contributed by atoms with Crippen molar-refractivity contribution in [1.29, 1.82) is 10.5 Å². The maximum Gasteiger partial charge on any atom is 0.179 e. The molecule has 2 aromatic rings. The average Bonchev–Trinajstić information content (AvgIpc) is 2.90. The SMILES string of the molecule is N#Cc1cccc(F)c1-c1cccc2c1CN(C#N)C2. The fourth-order valence-electron chi connectivity index (χ4n) is 2.62. The lowest BCUT2D eigenvalue weighted by Gasteiger charge is -2.10. The van der Waals surface area contributed by atoms with E-state index in [1.807, 2.05) is 18.2 Å². The molecule has 3 rings (SSSR count). The average molecular weight is 263 g/mol. The third kappa shape index (κ3) is 1.79. The maximum atomic E-state index is 14.1. The Bertz CT molecular complexity index is 768. The number of nitriles is 2. The van der Waals surface area contributed by atoms with Crippen LogP contribution in [0, 0.1) is 28.6 Å². The van der Waals surface area contributed by atoms with Gasteiger partial charge in [0.15, 0.2) is 6.19 Å². The van der Waals surface area contributed by atoms with Gasteiger partial charge >= 0.3 is 0 Å². The molecule has 0 bridgehead atoms. The first kappa shape index (κ1) is 12.2. The van der Waals surface area contributed by atoms with Gasteiger partial charge < -0.3 is 4.90 Å².